The number of allylic oxidation sites excluding steroid dienone is 3. The van der Waals surface area contributed by atoms with Crippen LogP contribution in [-0.2, 0) is 19.1 Å². The number of nitrogens with one attached hydrogen (secondary N) is 1. The average molecular weight is 431 g/mol. The molecule has 8 heteroatoms. The van der Waals surface area contributed by atoms with E-state index in [0.717, 1.165) is 18.5 Å². The summed E-state index contributed by atoms with van der Waals surface area (Å²) < 4.78 is 26.9. The Morgan fingerprint density at radius 3 is 2.29 bits per heavy atom. The van der Waals surface area contributed by atoms with Crippen molar-refractivity contribution in [2.75, 3.05) is 41.7 Å². The first kappa shape index (κ1) is 22.7. The molecule has 1 aliphatic heterocycles. The quantitative estimate of drug-likeness (QED) is 0.496. The standard InChI is InChI=1S/C23H29NO7/c1-13-19(23(26)31-10-9-27-2)20(21-15(24-13)7-6-8-16(21)25)14-11-17(28-3)22(30-5)18(12-14)29-4/h11-12,20,24H,6-10H2,1-5H3. The largest absolute Gasteiger partial charge is 0.493 e. The number of ether oxygens (including phenoxy) is 5. The van der Waals surface area contributed by atoms with Crippen molar-refractivity contribution in [2.45, 2.75) is 32.1 Å². The molecule has 0 aromatic heterocycles. The van der Waals surface area contributed by atoms with Crippen LogP contribution in [0.4, 0.5) is 0 Å². The fourth-order valence-corrected chi connectivity index (χ4v) is 4.15. The highest BCUT2D eigenvalue weighted by Crippen LogP contribution is 2.47. The fraction of sp³-hybridized carbons (Fsp3) is 0.478. The molecule has 1 aliphatic carbocycles. The highest BCUT2D eigenvalue weighted by atomic mass is 16.6. The zero-order chi connectivity index (χ0) is 22.5. The van der Waals surface area contributed by atoms with Gasteiger partial charge in [-0.1, -0.05) is 0 Å². The van der Waals surface area contributed by atoms with Crippen molar-refractivity contribution >= 4 is 11.8 Å². The predicted octanol–water partition coefficient (Wildman–Crippen LogP) is 2.87. The van der Waals surface area contributed by atoms with Crippen molar-refractivity contribution in [3.63, 3.8) is 0 Å². The molecule has 0 saturated carbocycles. The SMILES string of the molecule is COCCOC(=O)C1=C(C)NC2=C(C(=O)CCC2)C1c1cc(OC)c(OC)c(OC)c1. The summed E-state index contributed by atoms with van der Waals surface area (Å²) in [5.41, 5.74) is 3.18. The number of esters is 1. The number of carbonyl (C=O) groups is 2. The second-order valence-corrected chi connectivity index (χ2v) is 7.35. The molecule has 8 nitrogen and oxygen atoms in total. The summed E-state index contributed by atoms with van der Waals surface area (Å²) in [5, 5.41) is 3.27. The molecule has 0 amide bonds. The zero-order valence-corrected chi connectivity index (χ0v) is 18.6. The Hall–Kier alpha value is -3.00. The van der Waals surface area contributed by atoms with E-state index in [1.165, 1.54) is 28.4 Å². The molecule has 1 unspecified atom stereocenters. The molecular weight excluding hydrogens is 402 g/mol. The minimum atomic E-state index is -0.604. The molecule has 1 heterocycles. The molecule has 0 saturated heterocycles. The van der Waals surface area contributed by atoms with Gasteiger partial charge in [-0.3, -0.25) is 4.79 Å². The maximum absolute atomic E-state index is 13.1. The molecule has 2 aliphatic rings. The van der Waals surface area contributed by atoms with Crippen molar-refractivity contribution in [3.8, 4) is 17.2 Å². The van der Waals surface area contributed by atoms with E-state index in [9.17, 15) is 9.59 Å². The predicted molar refractivity (Wildman–Crippen MR) is 113 cm³/mol. The maximum atomic E-state index is 13.1. The van der Waals surface area contributed by atoms with Gasteiger partial charge in [0.15, 0.2) is 17.3 Å². The summed E-state index contributed by atoms with van der Waals surface area (Å²) in [6.45, 7) is 2.22. The van der Waals surface area contributed by atoms with Gasteiger partial charge in [-0.25, -0.2) is 4.79 Å². The van der Waals surface area contributed by atoms with Crippen molar-refractivity contribution in [1.29, 1.82) is 0 Å². The molecule has 1 aromatic rings. The van der Waals surface area contributed by atoms with Crippen LogP contribution >= 0.6 is 0 Å². The Kier molecular flexibility index (Phi) is 7.22. The van der Waals surface area contributed by atoms with Crippen LogP contribution in [0.2, 0.25) is 0 Å². The summed E-state index contributed by atoms with van der Waals surface area (Å²) in [6.07, 6.45) is 1.95. The van der Waals surface area contributed by atoms with Gasteiger partial charge in [0, 0.05) is 36.4 Å². The van der Waals surface area contributed by atoms with Crippen LogP contribution in [0.5, 0.6) is 17.2 Å². The third kappa shape index (κ3) is 4.39. The van der Waals surface area contributed by atoms with Crippen molar-refractivity contribution in [3.05, 3.63) is 40.2 Å². The number of carbonyl (C=O) groups excluding carboxylic acids is 2. The molecule has 0 fully saturated rings. The normalized spacial score (nSPS) is 18.4. The Labute approximate surface area is 182 Å². The van der Waals surface area contributed by atoms with Crippen molar-refractivity contribution < 1.29 is 33.3 Å². The number of rotatable bonds is 8. The lowest BCUT2D eigenvalue weighted by atomic mass is 9.75. The van der Waals surface area contributed by atoms with E-state index in [0.29, 0.717) is 46.1 Å². The fourth-order valence-electron chi connectivity index (χ4n) is 4.15. The Bertz CT molecular complexity index is 907. The molecule has 0 spiro atoms. The van der Waals surface area contributed by atoms with Crippen LogP contribution in [0.15, 0.2) is 34.7 Å². The second-order valence-electron chi connectivity index (χ2n) is 7.35. The van der Waals surface area contributed by atoms with Gasteiger partial charge in [0.25, 0.3) is 0 Å². The molecule has 31 heavy (non-hydrogen) atoms. The monoisotopic (exact) mass is 431 g/mol. The first-order chi connectivity index (χ1) is 15.0. The Balaban J connectivity index is 2.17. The average Bonchev–Trinajstić information content (AvgIpc) is 2.77. The van der Waals surface area contributed by atoms with Crippen LogP contribution in [-0.4, -0.2) is 53.4 Å². The molecule has 0 radical (unpaired) electrons. The van der Waals surface area contributed by atoms with Gasteiger partial charge in [0.2, 0.25) is 5.75 Å². The zero-order valence-electron chi connectivity index (χ0n) is 18.6. The number of ketones is 1. The van der Waals surface area contributed by atoms with Gasteiger partial charge in [-0.05, 0) is 37.5 Å². The van der Waals surface area contributed by atoms with Gasteiger partial charge in [0.1, 0.15) is 6.61 Å². The van der Waals surface area contributed by atoms with Gasteiger partial charge in [-0.15, -0.1) is 0 Å². The highest BCUT2D eigenvalue weighted by Gasteiger charge is 2.39. The minimum absolute atomic E-state index is 0.0159. The minimum Gasteiger partial charge on any atom is -0.493 e. The highest BCUT2D eigenvalue weighted by molar-refractivity contribution is 6.03. The van der Waals surface area contributed by atoms with E-state index in [1.54, 1.807) is 12.1 Å². The van der Waals surface area contributed by atoms with Crippen molar-refractivity contribution in [2.24, 2.45) is 0 Å². The molecular formula is C23H29NO7. The lowest BCUT2D eigenvalue weighted by molar-refractivity contribution is -0.140. The summed E-state index contributed by atoms with van der Waals surface area (Å²) >= 11 is 0. The van der Waals surface area contributed by atoms with Crippen molar-refractivity contribution in [1.82, 2.24) is 5.32 Å². The smallest absolute Gasteiger partial charge is 0.336 e. The summed E-state index contributed by atoms with van der Waals surface area (Å²) in [5.74, 6) is 0.258. The van der Waals surface area contributed by atoms with Crippen LogP contribution in [0.1, 0.15) is 37.7 Å². The maximum Gasteiger partial charge on any atom is 0.336 e. The van der Waals surface area contributed by atoms with Gasteiger partial charge >= 0.3 is 5.97 Å². The van der Waals surface area contributed by atoms with E-state index < -0.39 is 11.9 Å². The van der Waals surface area contributed by atoms with E-state index in [-0.39, 0.29) is 19.0 Å². The Morgan fingerprint density at radius 1 is 1.03 bits per heavy atom. The third-order valence-corrected chi connectivity index (χ3v) is 5.54. The third-order valence-electron chi connectivity index (χ3n) is 5.54. The summed E-state index contributed by atoms with van der Waals surface area (Å²) in [7, 11) is 6.12. The number of methoxy groups -OCH3 is 4. The van der Waals surface area contributed by atoms with Crippen LogP contribution in [0, 0.1) is 0 Å². The first-order valence-corrected chi connectivity index (χ1v) is 10.2. The van der Waals surface area contributed by atoms with E-state index in [1.807, 2.05) is 6.92 Å². The topological polar surface area (TPSA) is 92.3 Å². The lowest BCUT2D eigenvalue weighted by Crippen LogP contribution is -2.34. The van der Waals surface area contributed by atoms with Gasteiger partial charge < -0.3 is 29.0 Å². The Morgan fingerprint density at radius 2 is 1.71 bits per heavy atom. The molecule has 3 rings (SSSR count). The molecule has 168 valence electrons. The number of hydrogen-bond acceptors (Lipinski definition) is 8. The number of Topliss-reactive ketones (excluding diaryl/α,β-unsaturated/α-hetero) is 1. The summed E-state index contributed by atoms with van der Waals surface area (Å²) in [6, 6.07) is 3.55. The summed E-state index contributed by atoms with van der Waals surface area (Å²) in [4.78, 5) is 26.1. The molecule has 1 N–H and O–H groups in total. The van der Waals surface area contributed by atoms with E-state index >= 15 is 0 Å². The van der Waals surface area contributed by atoms with Crippen LogP contribution < -0.4 is 19.5 Å². The van der Waals surface area contributed by atoms with E-state index in [4.69, 9.17) is 23.7 Å². The molecule has 0 bridgehead atoms. The van der Waals surface area contributed by atoms with Gasteiger partial charge in [-0.2, -0.15) is 0 Å². The van der Waals surface area contributed by atoms with E-state index in [2.05, 4.69) is 5.32 Å². The second kappa shape index (κ2) is 9.87. The lowest BCUT2D eigenvalue weighted by Gasteiger charge is -2.34. The van der Waals surface area contributed by atoms with Crippen LogP contribution in [0.25, 0.3) is 0 Å². The number of dihydropyridines is 1. The number of hydrogen-bond donors (Lipinski definition) is 1. The molecule has 1 atom stereocenters. The van der Waals surface area contributed by atoms with Crippen LogP contribution in [0.3, 0.4) is 0 Å². The number of benzene rings is 1. The molecule has 1 aromatic carbocycles. The first-order valence-electron chi connectivity index (χ1n) is 10.2. The van der Waals surface area contributed by atoms with Gasteiger partial charge in [0.05, 0.1) is 33.5 Å².